The molecular weight excluding hydrogens is 422 g/mol. The molecule has 0 saturated heterocycles. The maximum Gasteiger partial charge on any atom is 0.170 e. The predicted octanol–water partition coefficient (Wildman–Crippen LogP) is 7.27. The van der Waals surface area contributed by atoms with Crippen molar-refractivity contribution >= 4 is 34.6 Å². The summed E-state index contributed by atoms with van der Waals surface area (Å²) in [5.74, 6) is 0.351. The van der Waals surface area contributed by atoms with Crippen molar-refractivity contribution in [2.75, 3.05) is 0 Å². The van der Waals surface area contributed by atoms with Crippen LogP contribution in [0.1, 0.15) is 43.7 Å². The van der Waals surface area contributed by atoms with Crippen molar-refractivity contribution in [2.24, 2.45) is 23.7 Å². The lowest BCUT2D eigenvalue weighted by atomic mass is 9.59. The minimum Gasteiger partial charge on any atom is -0.511 e. The van der Waals surface area contributed by atoms with Gasteiger partial charge in [-0.15, -0.1) is 0 Å². The number of carbonyl (C=O) groups excluding carboxylic acids is 1. The molecule has 0 spiro atoms. The second-order valence-electron chi connectivity index (χ2n) is 8.80. The molecule has 1 N–H and O–H groups in total. The van der Waals surface area contributed by atoms with Gasteiger partial charge in [-0.1, -0.05) is 42.3 Å². The number of ketones is 1. The Morgan fingerprint density at radius 2 is 1.67 bits per heavy atom. The third kappa shape index (κ3) is 2.85. The van der Waals surface area contributed by atoms with Crippen LogP contribution in [0.4, 0.5) is 4.39 Å². The van der Waals surface area contributed by atoms with Gasteiger partial charge in [0.25, 0.3) is 0 Å². The summed E-state index contributed by atoms with van der Waals surface area (Å²) in [7, 11) is 0. The van der Waals surface area contributed by atoms with Crippen LogP contribution in [0.25, 0.3) is 16.7 Å². The molecule has 0 aliphatic heterocycles. The van der Waals surface area contributed by atoms with E-state index >= 15 is 0 Å². The fraction of sp³-hybridized carbons (Fsp3) is 0.400. The average Bonchev–Trinajstić information content (AvgIpc) is 3.05. The Morgan fingerprint density at radius 3 is 2.30 bits per heavy atom. The minimum absolute atomic E-state index is 0.0462. The predicted molar refractivity (Wildman–Crippen MR) is 118 cm³/mol. The first-order valence-corrected chi connectivity index (χ1v) is 11.4. The number of rotatable bonds is 3. The van der Waals surface area contributed by atoms with E-state index in [9.17, 15) is 14.3 Å². The summed E-state index contributed by atoms with van der Waals surface area (Å²) < 4.78 is 14.8. The lowest BCUT2D eigenvalue weighted by Gasteiger charge is -2.44. The van der Waals surface area contributed by atoms with E-state index in [0.717, 1.165) is 36.8 Å². The highest BCUT2D eigenvalue weighted by molar-refractivity contribution is 6.42. The molecule has 2 aromatic carbocycles. The third-order valence-electron chi connectivity index (χ3n) is 7.45. The van der Waals surface area contributed by atoms with Crippen molar-refractivity contribution in [2.45, 2.75) is 39.0 Å². The molecule has 0 heterocycles. The number of hydrogen-bond donors (Lipinski definition) is 1. The van der Waals surface area contributed by atoms with Crippen LogP contribution in [0.15, 0.2) is 36.1 Å². The lowest BCUT2D eigenvalue weighted by molar-refractivity contribution is -0.123. The molecule has 0 aromatic heterocycles. The summed E-state index contributed by atoms with van der Waals surface area (Å²) in [4.78, 5) is 13.5. The van der Waals surface area contributed by atoms with Crippen LogP contribution in [0.3, 0.4) is 0 Å². The molecule has 30 heavy (non-hydrogen) atoms. The maximum absolute atomic E-state index is 14.8. The molecule has 1 unspecified atom stereocenters. The molecule has 2 bridgehead atoms. The molecule has 156 valence electrons. The summed E-state index contributed by atoms with van der Waals surface area (Å²) in [6.07, 6.45) is 5.05. The molecule has 2 aromatic rings. The quantitative estimate of drug-likeness (QED) is 0.505. The van der Waals surface area contributed by atoms with E-state index in [4.69, 9.17) is 23.2 Å². The van der Waals surface area contributed by atoms with Crippen LogP contribution >= 0.6 is 23.2 Å². The minimum atomic E-state index is -0.581. The average molecular weight is 445 g/mol. The Bertz CT molecular complexity index is 1080. The van der Waals surface area contributed by atoms with E-state index < -0.39 is 5.82 Å². The van der Waals surface area contributed by atoms with Crippen molar-refractivity contribution in [3.8, 4) is 11.1 Å². The van der Waals surface area contributed by atoms with E-state index in [0.29, 0.717) is 35.0 Å². The fourth-order valence-corrected chi connectivity index (χ4v) is 6.30. The number of Topliss-reactive ketones (excluding diaryl/α,β-unsaturated/α-hetero) is 1. The first-order valence-electron chi connectivity index (χ1n) is 10.7. The Labute approximate surface area is 185 Å². The number of hydrogen-bond acceptors (Lipinski definition) is 2. The van der Waals surface area contributed by atoms with Gasteiger partial charge in [0.1, 0.15) is 5.76 Å². The molecule has 4 aliphatic carbocycles. The number of aliphatic hydroxyl groups excluding tert-OH is 1. The second kappa shape index (κ2) is 7.39. The Kier molecular flexibility index (Phi) is 4.95. The molecule has 5 heteroatoms. The van der Waals surface area contributed by atoms with Gasteiger partial charge in [0.05, 0.1) is 15.6 Å². The summed E-state index contributed by atoms with van der Waals surface area (Å²) in [5.41, 5.74) is 3.08. The number of halogens is 3. The topological polar surface area (TPSA) is 37.3 Å². The normalized spacial score (nSPS) is 27.7. The summed E-state index contributed by atoms with van der Waals surface area (Å²) in [6.45, 7) is 2.02. The zero-order valence-corrected chi connectivity index (χ0v) is 18.2. The van der Waals surface area contributed by atoms with Gasteiger partial charge in [-0.05, 0) is 78.8 Å². The molecule has 0 radical (unpaired) electrons. The zero-order valence-electron chi connectivity index (χ0n) is 16.7. The van der Waals surface area contributed by atoms with Crippen molar-refractivity contribution in [3.05, 3.63) is 63.1 Å². The SMILES string of the molecule is CCc1ccc(-c2ccc(Cl)c(Cl)c2F)cc1C1=C(O)C2C3CCC(CC3)[C@@H]2C1=O. The smallest absolute Gasteiger partial charge is 0.170 e. The van der Waals surface area contributed by atoms with Gasteiger partial charge < -0.3 is 5.11 Å². The molecule has 2 atom stereocenters. The molecule has 4 aliphatic rings. The van der Waals surface area contributed by atoms with Gasteiger partial charge in [-0.2, -0.15) is 0 Å². The second-order valence-corrected chi connectivity index (χ2v) is 9.58. The van der Waals surface area contributed by atoms with E-state index in [2.05, 4.69) is 0 Å². The van der Waals surface area contributed by atoms with Gasteiger partial charge in [0, 0.05) is 17.4 Å². The van der Waals surface area contributed by atoms with Crippen molar-refractivity contribution < 1.29 is 14.3 Å². The molecule has 6 rings (SSSR count). The van der Waals surface area contributed by atoms with E-state index in [1.807, 2.05) is 25.1 Å². The van der Waals surface area contributed by atoms with Crippen LogP contribution in [0.5, 0.6) is 0 Å². The lowest BCUT2D eigenvalue weighted by Crippen LogP contribution is -2.41. The van der Waals surface area contributed by atoms with E-state index in [-0.39, 0.29) is 33.4 Å². The first kappa shape index (κ1) is 20.1. The van der Waals surface area contributed by atoms with Crippen LogP contribution in [0, 0.1) is 29.5 Å². The Balaban J connectivity index is 1.65. The molecule has 3 fully saturated rings. The van der Waals surface area contributed by atoms with Crippen molar-refractivity contribution in [3.63, 3.8) is 0 Å². The number of aliphatic hydroxyl groups is 1. The molecule has 0 amide bonds. The number of benzene rings is 2. The highest BCUT2D eigenvalue weighted by atomic mass is 35.5. The highest BCUT2D eigenvalue weighted by Gasteiger charge is 2.54. The summed E-state index contributed by atoms with van der Waals surface area (Å²) in [5, 5.41) is 11.2. The Morgan fingerprint density at radius 1 is 1.00 bits per heavy atom. The molecule has 3 saturated carbocycles. The molecular formula is C25H23Cl2FO2. The number of carbonyl (C=O) groups is 1. The van der Waals surface area contributed by atoms with Crippen molar-refractivity contribution in [1.29, 1.82) is 0 Å². The van der Waals surface area contributed by atoms with Gasteiger partial charge in [-0.25, -0.2) is 4.39 Å². The van der Waals surface area contributed by atoms with Crippen molar-refractivity contribution in [1.82, 2.24) is 0 Å². The third-order valence-corrected chi connectivity index (χ3v) is 8.23. The van der Waals surface area contributed by atoms with Gasteiger partial charge >= 0.3 is 0 Å². The maximum atomic E-state index is 14.8. The van der Waals surface area contributed by atoms with E-state index in [1.165, 1.54) is 0 Å². The zero-order chi connectivity index (χ0) is 21.2. The first-order chi connectivity index (χ1) is 14.4. The number of aryl methyl sites for hydroxylation is 1. The number of fused-ring (bicyclic) bond motifs is 2. The summed E-state index contributed by atoms with van der Waals surface area (Å²) >= 11 is 12.0. The van der Waals surface area contributed by atoms with Crippen LogP contribution in [-0.4, -0.2) is 10.9 Å². The highest BCUT2D eigenvalue weighted by Crippen LogP contribution is 2.57. The number of allylic oxidation sites excluding steroid dienone is 2. The monoisotopic (exact) mass is 444 g/mol. The fourth-order valence-electron chi connectivity index (χ4n) is 5.98. The largest absolute Gasteiger partial charge is 0.511 e. The summed E-state index contributed by atoms with van der Waals surface area (Å²) in [6, 6.07) is 8.73. The van der Waals surface area contributed by atoms with Gasteiger partial charge in [0.15, 0.2) is 11.6 Å². The Hall–Kier alpha value is -1.84. The van der Waals surface area contributed by atoms with Crippen LogP contribution < -0.4 is 0 Å². The molecule has 2 nitrogen and oxygen atoms in total. The van der Waals surface area contributed by atoms with Gasteiger partial charge in [0.2, 0.25) is 0 Å². The van der Waals surface area contributed by atoms with Crippen LogP contribution in [0.2, 0.25) is 10.0 Å². The van der Waals surface area contributed by atoms with Crippen LogP contribution in [-0.2, 0) is 11.2 Å². The van der Waals surface area contributed by atoms with E-state index in [1.54, 1.807) is 12.1 Å². The standard InChI is InChI=1S/C25H23Cl2FO2/c1-2-12-3-8-15(16-9-10-18(26)22(27)23(16)28)11-17(12)21-24(29)19-13-4-5-14(7-6-13)20(19)25(21)30/h3,8-11,13-14,19-20,29H,2,4-7H2,1H3/t13?,14?,19?,20-/m0/s1. The van der Waals surface area contributed by atoms with Gasteiger partial charge in [-0.3, -0.25) is 4.79 Å².